The number of nitrogens with zero attached hydrogens (tertiary/aromatic N) is 1. The Morgan fingerprint density at radius 1 is 1.10 bits per heavy atom. The molecule has 0 saturated heterocycles. The predicted molar refractivity (Wildman–Crippen MR) is 82.2 cm³/mol. The molecule has 0 aliphatic heterocycles. The van der Waals surface area contributed by atoms with Crippen LogP contribution in [0.25, 0.3) is 0 Å². The van der Waals surface area contributed by atoms with Crippen molar-refractivity contribution < 1.29 is 13.2 Å². The fraction of sp³-hybridized carbons (Fsp3) is 0.312. The SMILES string of the molecule is CC(=O)c1cc(C(C)(C)C)cn1S(=O)(=O)c1ccccc1. The lowest BCUT2D eigenvalue weighted by Crippen LogP contribution is -2.17. The molecule has 2 aromatic rings. The average Bonchev–Trinajstić information content (AvgIpc) is 2.85. The molecule has 0 aliphatic carbocycles. The molecule has 112 valence electrons. The highest BCUT2D eigenvalue weighted by Crippen LogP contribution is 2.27. The van der Waals surface area contributed by atoms with Crippen LogP contribution in [0, 0.1) is 0 Å². The van der Waals surface area contributed by atoms with E-state index in [-0.39, 0.29) is 21.8 Å². The Morgan fingerprint density at radius 2 is 1.67 bits per heavy atom. The lowest BCUT2D eigenvalue weighted by molar-refractivity contribution is 0.101. The number of hydrogen-bond donors (Lipinski definition) is 0. The van der Waals surface area contributed by atoms with Crippen molar-refractivity contribution in [3.63, 3.8) is 0 Å². The van der Waals surface area contributed by atoms with Gasteiger partial charge in [-0.15, -0.1) is 0 Å². The molecular formula is C16H19NO3S. The first-order valence-electron chi connectivity index (χ1n) is 6.68. The Labute approximate surface area is 125 Å². The Morgan fingerprint density at radius 3 is 2.14 bits per heavy atom. The molecule has 4 nitrogen and oxygen atoms in total. The van der Waals surface area contributed by atoms with Crippen molar-refractivity contribution >= 4 is 15.8 Å². The molecule has 0 amide bonds. The number of hydrogen-bond acceptors (Lipinski definition) is 3. The van der Waals surface area contributed by atoms with Crippen LogP contribution in [0.2, 0.25) is 0 Å². The number of ketones is 1. The average molecular weight is 305 g/mol. The van der Waals surface area contributed by atoms with E-state index < -0.39 is 10.0 Å². The second-order valence-electron chi connectivity index (χ2n) is 6.03. The van der Waals surface area contributed by atoms with E-state index in [1.54, 1.807) is 30.5 Å². The summed E-state index contributed by atoms with van der Waals surface area (Å²) in [5.74, 6) is -0.273. The maximum Gasteiger partial charge on any atom is 0.268 e. The fourth-order valence-electron chi connectivity index (χ4n) is 2.02. The molecule has 0 saturated carbocycles. The van der Waals surface area contributed by atoms with Gasteiger partial charge in [0.1, 0.15) is 0 Å². The third kappa shape index (κ3) is 2.93. The molecule has 1 aromatic carbocycles. The van der Waals surface area contributed by atoms with Gasteiger partial charge in [0.2, 0.25) is 0 Å². The van der Waals surface area contributed by atoms with Crippen molar-refractivity contribution in [1.29, 1.82) is 0 Å². The minimum absolute atomic E-state index is 0.170. The summed E-state index contributed by atoms with van der Waals surface area (Å²) in [7, 11) is -3.76. The summed E-state index contributed by atoms with van der Waals surface area (Å²) in [6.07, 6.45) is 1.54. The third-order valence-electron chi connectivity index (χ3n) is 3.31. The summed E-state index contributed by atoms with van der Waals surface area (Å²) in [5, 5.41) is 0. The fourth-order valence-corrected chi connectivity index (χ4v) is 3.44. The van der Waals surface area contributed by atoms with Crippen LogP contribution in [0.3, 0.4) is 0 Å². The highest BCUT2D eigenvalue weighted by Gasteiger charge is 2.26. The molecule has 5 heteroatoms. The van der Waals surface area contributed by atoms with E-state index in [0.29, 0.717) is 0 Å². The standard InChI is InChI=1S/C16H19NO3S/c1-12(18)15-10-13(16(2,3)4)11-17(15)21(19,20)14-8-6-5-7-9-14/h5-11H,1-4H3. The van der Waals surface area contributed by atoms with Crippen molar-refractivity contribution in [2.45, 2.75) is 38.0 Å². The second kappa shape index (κ2) is 5.15. The van der Waals surface area contributed by atoms with Crippen LogP contribution in [0.5, 0.6) is 0 Å². The van der Waals surface area contributed by atoms with Crippen LogP contribution in [0.1, 0.15) is 43.7 Å². The van der Waals surface area contributed by atoms with Gasteiger partial charge in [0, 0.05) is 13.1 Å². The van der Waals surface area contributed by atoms with Crippen molar-refractivity contribution in [3.05, 3.63) is 53.9 Å². The van der Waals surface area contributed by atoms with Crippen LogP contribution in [0.15, 0.2) is 47.5 Å². The predicted octanol–water partition coefficient (Wildman–Crippen LogP) is 3.23. The topological polar surface area (TPSA) is 56.1 Å². The van der Waals surface area contributed by atoms with Crippen LogP contribution >= 0.6 is 0 Å². The van der Waals surface area contributed by atoms with Gasteiger partial charge in [-0.2, -0.15) is 0 Å². The molecule has 0 aliphatic rings. The first-order valence-corrected chi connectivity index (χ1v) is 8.12. The quantitative estimate of drug-likeness (QED) is 0.818. The number of carbonyl (C=O) groups excluding carboxylic acids is 1. The Bertz CT molecular complexity index is 766. The molecule has 2 rings (SSSR count). The van der Waals surface area contributed by atoms with Crippen LogP contribution in [-0.2, 0) is 15.4 Å². The van der Waals surface area contributed by atoms with E-state index in [1.165, 1.54) is 19.1 Å². The lowest BCUT2D eigenvalue weighted by atomic mass is 9.89. The van der Waals surface area contributed by atoms with E-state index in [9.17, 15) is 13.2 Å². The van der Waals surface area contributed by atoms with Crippen LogP contribution in [-0.4, -0.2) is 18.2 Å². The number of benzene rings is 1. The van der Waals surface area contributed by atoms with Crippen molar-refractivity contribution in [2.24, 2.45) is 0 Å². The monoisotopic (exact) mass is 305 g/mol. The summed E-state index contributed by atoms with van der Waals surface area (Å²) in [5.41, 5.74) is 0.762. The second-order valence-corrected chi connectivity index (χ2v) is 7.85. The normalized spacial score (nSPS) is 12.4. The Hall–Kier alpha value is -1.88. The molecule has 0 radical (unpaired) electrons. The van der Waals surface area contributed by atoms with E-state index >= 15 is 0 Å². The number of aromatic nitrogens is 1. The van der Waals surface area contributed by atoms with Gasteiger partial charge in [0.15, 0.2) is 5.78 Å². The van der Waals surface area contributed by atoms with Crippen molar-refractivity contribution in [1.82, 2.24) is 3.97 Å². The molecule has 1 aromatic heterocycles. The smallest absolute Gasteiger partial charge is 0.268 e. The van der Waals surface area contributed by atoms with Gasteiger partial charge < -0.3 is 0 Å². The molecule has 1 heterocycles. The van der Waals surface area contributed by atoms with Gasteiger partial charge in [-0.1, -0.05) is 39.0 Å². The van der Waals surface area contributed by atoms with E-state index in [4.69, 9.17) is 0 Å². The zero-order chi connectivity index (χ0) is 15.8. The summed E-state index contributed by atoms with van der Waals surface area (Å²) < 4.78 is 26.5. The summed E-state index contributed by atoms with van der Waals surface area (Å²) in [6.45, 7) is 7.31. The Balaban J connectivity index is 2.69. The van der Waals surface area contributed by atoms with E-state index in [2.05, 4.69) is 0 Å². The zero-order valence-corrected chi connectivity index (χ0v) is 13.4. The molecule has 0 atom stereocenters. The first-order chi connectivity index (χ1) is 9.64. The van der Waals surface area contributed by atoms with Crippen LogP contribution in [0.4, 0.5) is 0 Å². The van der Waals surface area contributed by atoms with Gasteiger partial charge >= 0.3 is 0 Å². The van der Waals surface area contributed by atoms with Gasteiger partial charge in [0.25, 0.3) is 10.0 Å². The van der Waals surface area contributed by atoms with Crippen molar-refractivity contribution in [2.75, 3.05) is 0 Å². The molecule has 0 N–H and O–H groups in total. The largest absolute Gasteiger partial charge is 0.293 e. The molecule has 0 unspecified atom stereocenters. The van der Waals surface area contributed by atoms with Crippen LogP contribution < -0.4 is 0 Å². The maximum atomic E-state index is 12.7. The molecule has 0 bridgehead atoms. The summed E-state index contributed by atoms with van der Waals surface area (Å²) in [6, 6.07) is 9.78. The molecule has 0 spiro atoms. The summed E-state index contributed by atoms with van der Waals surface area (Å²) in [4.78, 5) is 12.0. The van der Waals surface area contributed by atoms with Gasteiger partial charge in [0.05, 0.1) is 10.6 Å². The number of carbonyl (C=O) groups is 1. The molecule has 21 heavy (non-hydrogen) atoms. The van der Waals surface area contributed by atoms with E-state index in [1.807, 2.05) is 20.8 Å². The molecular weight excluding hydrogens is 286 g/mol. The Kier molecular flexibility index (Phi) is 3.80. The van der Waals surface area contributed by atoms with Gasteiger partial charge in [-0.05, 0) is 29.2 Å². The number of Topliss-reactive ketones (excluding diaryl/α,β-unsaturated/α-hetero) is 1. The first kappa shape index (κ1) is 15.5. The number of rotatable bonds is 3. The van der Waals surface area contributed by atoms with Crippen molar-refractivity contribution in [3.8, 4) is 0 Å². The maximum absolute atomic E-state index is 12.7. The molecule has 0 fully saturated rings. The minimum Gasteiger partial charge on any atom is -0.293 e. The minimum atomic E-state index is -3.76. The zero-order valence-electron chi connectivity index (χ0n) is 12.6. The van der Waals surface area contributed by atoms with Gasteiger partial charge in [-0.3, -0.25) is 4.79 Å². The highest BCUT2D eigenvalue weighted by molar-refractivity contribution is 7.90. The third-order valence-corrected chi connectivity index (χ3v) is 5.00. The highest BCUT2D eigenvalue weighted by atomic mass is 32.2. The lowest BCUT2D eigenvalue weighted by Gasteiger charge is -2.15. The summed E-state index contributed by atoms with van der Waals surface area (Å²) >= 11 is 0. The van der Waals surface area contributed by atoms with E-state index in [0.717, 1.165) is 9.54 Å². The van der Waals surface area contributed by atoms with Gasteiger partial charge in [-0.25, -0.2) is 12.4 Å².